The standard InChI is InChI=1S/C29H32Cl2N2OS/c30-27-11-8-25(19-28(27)31)21-35-17-14-32-29(34)26-9-6-24(7-10-26)20-33-15-12-23(13-16-33)18-22-4-2-1-3-5-22/h1-11,19,23H,12-18,20-21H2,(H,32,34). The van der Waals surface area contributed by atoms with Crippen molar-refractivity contribution >= 4 is 40.9 Å². The first-order chi connectivity index (χ1) is 17.1. The first kappa shape index (κ1) is 26.1. The number of carbonyl (C=O) groups is 1. The van der Waals surface area contributed by atoms with E-state index in [0.29, 0.717) is 22.2 Å². The van der Waals surface area contributed by atoms with Crippen LogP contribution in [-0.4, -0.2) is 36.2 Å². The molecule has 1 N–H and O–H groups in total. The smallest absolute Gasteiger partial charge is 0.251 e. The molecule has 184 valence electrons. The van der Waals surface area contributed by atoms with Crippen molar-refractivity contribution in [1.82, 2.24) is 10.2 Å². The van der Waals surface area contributed by atoms with Crippen molar-refractivity contribution in [1.29, 1.82) is 0 Å². The van der Waals surface area contributed by atoms with Crippen LogP contribution < -0.4 is 5.32 Å². The molecule has 4 rings (SSSR count). The van der Waals surface area contributed by atoms with Gasteiger partial charge in [0.2, 0.25) is 0 Å². The quantitative estimate of drug-likeness (QED) is 0.285. The van der Waals surface area contributed by atoms with Crippen molar-refractivity contribution in [3.8, 4) is 0 Å². The number of nitrogens with one attached hydrogen (secondary N) is 1. The van der Waals surface area contributed by atoms with Gasteiger partial charge in [0, 0.05) is 30.2 Å². The van der Waals surface area contributed by atoms with Gasteiger partial charge in [-0.3, -0.25) is 9.69 Å². The number of halogens is 2. The van der Waals surface area contributed by atoms with Crippen LogP contribution in [0.2, 0.25) is 10.0 Å². The van der Waals surface area contributed by atoms with Crippen LogP contribution in [0.1, 0.15) is 39.9 Å². The zero-order valence-electron chi connectivity index (χ0n) is 19.9. The van der Waals surface area contributed by atoms with E-state index in [1.54, 1.807) is 11.8 Å². The second kappa shape index (κ2) is 13.4. The lowest BCUT2D eigenvalue weighted by Gasteiger charge is -2.32. The van der Waals surface area contributed by atoms with Crippen LogP contribution in [0.15, 0.2) is 72.8 Å². The topological polar surface area (TPSA) is 32.3 Å². The Morgan fingerprint density at radius 3 is 2.31 bits per heavy atom. The molecule has 3 aromatic carbocycles. The number of rotatable bonds is 10. The average Bonchev–Trinajstić information content (AvgIpc) is 2.88. The first-order valence-electron chi connectivity index (χ1n) is 12.2. The Bertz CT molecular complexity index is 1080. The summed E-state index contributed by atoms with van der Waals surface area (Å²) in [6, 6.07) is 24.6. The van der Waals surface area contributed by atoms with Crippen molar-refractivity contribution in [2.45, 2.75) is 31.6 Å². The number of likely N-dealkylation sites (tertiary alicyclic amines) is 1. The summed E-state index contributed by atoms with van der Waals surface area (Å²) in [6.45, 7) is 3.86. The predicted octanol–water partition coefficient (Wildman–Crippen LogP) is 7.11. The van der Waals surface area contributed by atoms with E-state index >= 15 is 0 Å². The molecule has 1 amide bonds. The number of hydrogen-bond donors (Lipinski definition) is 1. The lowest BCUT2D eigenvalue weighted by Crippen LogP contribution is -2.33. The van der Waals surface area contributed by atoms with Gasteiger partial charge in [-0.05, 0) is 79.2 Å². The second-order valence-corrected chi connectivity index (χ2v) is 11.1. The average molecular weight is 528 g/mol. The van der Waals surface area contributed by atoms with Gasteiger partial charge in [0.05, 0.1) is 10.0 Å². The van der Waals surface area contributed by atoms with Gasteiger partial charge in [0.15, 0.2) is 0 Å². The van der Waals surface area contributed by atoms with Gasteiger partial charge < -0.3 is 5.32 Å². The summed E-state index contributed by atoms with van der Waals surface area (Å²) < 4.78 is 0. The largest absolute Gasteiger partial charge is 0.351 e. The minimum absolute atomic E-state index is 0.0200. The third kappa shape index (κ3) is 8.28. The summed E-state index contributed by atoms with van der Waals surface area (Å²) in [5.74, 6) is 2.44. The fourth-order valence-electron chi connectivity index (χ4n) is 4.47. The van der Waals surface area contributed by atoms with Crippen LogP contribution in [0.3, 0.4) is 0 Å². The maximum atomic E-state index is 12.5. The minimum Gasteiger partial charge on any atom is -0.351 e. The van der Waals surface area contributed by atoms with Gasteiger partial charge in [-0.15, -0.1) is 0 Å². The molecule has 6 heteroatoms. The number of hydrogen-bond acceptors (Lipinski definition) is 3. The molecule has 0 aliphatic carbocycles. The van der Waals surface area contributed by atoms with E-state index in [-0.39, 0.29) is 5.91 Å². The highest BCUT2D eigenvalue weighted by Crippen LogP contribution is 2.25. The van der Waals surface area contributed by atoms with Gasteiger partial charge in [0.25, 0.3) is 5.91 Å². The molecular formula is C29H32Cl2N2OS. The fraction of sp³-hybridized carbons (Fsp3) is 0.345. The van der Waals surface area contributed by atoms with E-state index in [0.717, 1.165) is 42.6 Å². The number of benzene rings is 3. The molecule has 35 heavy (non-hydrogen) atoms. The summed E-state index contributed by atoms with van der Waals surface area (Å²) in [6.07, 6.45) is 3.68. The molecule has 0 bridgehead atoms. The van der Waals surface area contributed by atoms with Crippen LogP contribution in [0.4, 0.5) is 0 Å². The number of nitrogens with zero attached hydrogens (tertiary/aromatic N) is 1. The molecule has 1 fully saturated rings. The fourth-order valence-corrected chi connectivity index (χ4v) is 5.60. The number of thioether (sulfide) groups is 1. The minimum atomic E-state index is -0.0200. The monoisotopic (exact) mass is 526 g/mol. The number of carbonyl (C=O) groups excluding carboxylic acids is 1. The van der Waals surface area contributed by atoms with Crippen molar-refractivity contribution in [2.24, 2.45) is 5.92 Å². The maximum Gasteiger partial charge on any atom is 0.251 e. The molecule has 3 aromatic rings. The van der Waals surface area contributed by atoms with Gasteiger partial charge in [-0.2, -0.15) is 11.8 Å². The van der Waals surface area contributed by atoms with Crippen molar-refractivity contribution in [2.75, 3.05) is 25.4 Å². The zero-order valence-corrected chi connectivity index (χ0v) is 22.2. The first-order valence-corrected chi connectivity index (χ1v) is 14.1. The molecule has 3 nitrogen and oxygen atoms in total. The Kier molecular flexibility index (Phi) is 9.96. The van der Waals surface area contributed by atoms with E-state index in [1.807, 2.05) is 30.3 Å². The van der Waals surface area contributed by atoms with E-state index < -0.39 is 0 Å². The summed E-state index contributed by atoms with van der Waals surface area (Å²) in [5, 5.41) is 4.16. The third-order valence-electron chi connectivity index (χ3n) is 6.48. The second-order valence-electron chi connectivity index (χ2n) is 9.16. The highest BCUT2D eigenvalue weighted by Gasteiger charge is 2.19. The Hall–Kier alpha value is -1.98. The highest BCUT2D eigenvalue weighted by atomic mass is 35.5. The van der Waals surface area contributed by atoms with Crippen molar-refractivity contribution in [3.05, 3.63) is 105 Å². The number of amides is 1. The van der Waals surface area contributed by atoms with Crippen LogP contribution in [0, 0.1) is 5.92 Å². The van der Waals surface area contributed by atoms with Crippen molar-refractivity contribution < 1.29 is 4.79 Å². The van der Waals surface area contributed by atoms with Crippen molar-refractivity contribution in [3.63, 3.8) is 0 Å². The Labute approximate surface area is 223 Å². The SMILES string of the molecule is O=C(NCCSCc1ccc(Cl)c(Cl)c1)c1ccc(CN2CCC(Cc3ccccc3)CC2)cc1. The van der Waals surface area contributed by atoms with Crippen LogP contribution in [0.5, 0.6) is 0 Å². The molecule has 1 heterocycles. The molecule has 0 radical (unpaired) electrons. The predicted molar refractivity (Wildman–Crippen MR) is 150 cm³/mol. The maximum absolute atomic E-state index is 12.5. The molecule has 1 saturated heterocycles. The molecule has 0 aromatic heterocycles. The third-order valence-corrected chi connectivity index (χ3v) is 8.25. The van der Waals surface area contributed by atoms with E-state index in [1.165, 1.54) is 30.4 Å². The zero-order chi connectivity index (χ0) is 24.5. The molecule has 0 atom stereocenters. The molecule has 1 aliphatic heterocycles. The summed E-state index contributed by atoms with van der Waals surface area (Å²) in [5.41, 5.74) is 4.56. The summed E-state index contributed by atoms with van der Waals surface area (Å²) >= 11 is 13.8. The summed E-state index contributed by atoms with van der Waals surface area (Å²) in [4.78, 5) is 15.0. The van der Waals surface area contributed by atoms with E-state index in [4.69, 9.17) is 23.2 Å². The van der Waals surface area contributed by atoms with Gasteiger partial charge in [-0.1, -0.05) is 71.7 Å². The van der Waals surface area contributed by atoms with Crippen LogP contribution in [0.25, 0.3) is 0 Å². The normalized spacial score (nSPS) is 14.7. The molecule has 0 saturated carbocycles. The molecule has 0 unspecified atom stereocenters. The van der Waals surface area contributed by atoms with Crippen LogP contribution in [-0.2, 0) is 18.7 Å². The summed E-state index contributed by atoms with van der Waals surface area (Å²) in [7, 11) is 0. The lowest BCUT2D eigenvalue weighted by molar-refractivity contribution is 0.0956. The van der Waals surface area contributed by atoms with Gasteiger partial charge >= 0.3 is 0 Å². The van der Waals surface area contributed by atoms with E-state index in [9.17, 15) is 4.79 Å². The molecule has 0 spiro atoms. The Morgan fingerprint density at radius 2 is 1.60 bits per heavy atom. The number of piperidine rings is 1. The van der Waals surface area contributed by atoms with E-state index in [2.05, 4.69) is 52.7 Å². The Balaban J connectivity index is 1.13. The molecular weight excluding hydrogens is 495 g/mol. The van der Waals surface area contributed by atoms with Crippen LogP contribution >= 0.6 is 35.0 Å². The Morgan fingerprint density at radius 1 is 0.886 bits per heavy atom. The molecule has 1 aliphatic rings. The van der Waals surface area contributed by atoms with Gasteiger partial charge in [-0.25, -0.2) is 0 Å². The van der Waals surface area contributed by atoms with Gasteiger partial charge in [0.1, 0.15) is 0 Å². The lowest BCUT2D eigenvalue weighted by atomic mass is 9.90. The highest BCUT2D eigenvalue weighted by molar-refractivity contribution is 7.98.